The van der Waals surface area contributed by atoms with Crippen LogP contribution < -0.4 is 4.90 Å². The van der Waals surface area contributed by atoms with E-state index in [2.05, 4.69) is 24.4 Å². The quantitative estimate of drug-likeness (QED) is 0.787. The largest absolute Gasteiger partial charge is 0.385 e. The fourth-order valence-electron chi connectivity index (χ4n) is 4.06. The van der Waals surface area contributed by atoms with Crippen molar-refractivity contribution in [3.63, 3.8) is 0 Å². The normalized spacial score (nSPS) is 24.0. The van der Waals surface area contributed by atoms with Crippen LogP contribution in [0.3, 0.4) is 0 Å². The molecule has 2 aromatic heterocycles. The van der Waals surface area contributed by atoms with Crippen molar-refractivity contribution >= 4 is 17.0 Å². The molecule has 5 rings (SSSR count). The summed E-state index contributed by atoms with van der Waals surface area (Å²) in [6.07, 6.45) is 8.33. The van der Waals surface area contributed by atoms with Crippen molar-refractivity contribution in [2.45, 2.75) is 43.7 Å². The summed E-state index contributed by atoms with van der Waals surface area (Å²) in [5.41, 5.74) is 2.05. The molecule has 0 spiro atoms. The standard InChI is InChI=1S/C20H23N5O/c26-20(15-5-2-1-3-6-15)9-4-11-24(12-10-20)18-17-19(22-13-21-18)25(14-23-17)16-7-8-16/h1-3,5-6,13-14,16,26H,4,7-12H2. The molecular weight excluding hydrogens is 326 g/mol. The first-order chi connectivity index (χ1) is 12.7. The van der Waals surface area contributed by atoms with Gasteiger partial charge in [-0.2, -0.15) is 0 Å². The van der Waals surface area contributed by atoms with Crippen LogP contribution in [0.15, 0.2) is 43.0 Å². The molecule has 0 bridgehead atoms. The molecule has 134 valence electrons. The summed E-state index contributed by atoms with van der Waals surface area (Å²) >= 11 is 0. The molecule has 6 nitrogen and oxygen atoms in total. The Bertz CT molecular complexity index is 920. The number of benzene rings is 1. The molecule has 1 aromatic carbocycles. The molecule has 6 heteroatoms. The van der Waals surface area contributed by atoms with E-state index in [0.29, 0.717) is 12.5 Å². The number of fused-ring (bicyclic) bond motifs is 1. The molecule has 3 heterocycles. The Morgan fingerprint density at radius 3 is 2.65 bits per heavy atom. The van der Waals surface area contributed by atoms with E-state index in [0.717, 1.165) is 48.5 Å². The third kappa shape index (κ3) is 2.65. The Balaban J connectivity index is 1.44. The highest BCUT2D eigenvalue weighted by Crippen LogP contribution is 2.38. The van der Waals surface area contributed by atoms with Crippen molar-refractivity contribution in [1.29, 1.82) is 0 Å². The van der Waals surface area contributed by atoms with Crippen LogP contribution in [0.2, 0.25) is 0 Å². The highest BCUT2D eigenvalue weighted by Gasteiger charge is 2.33. The molecule has 26 heavy (non-hydrogen) atoms. The van der Waals surface area contributed by atoms with Crippen LogP contribution in [-0.4, -0.2) is 37.7 Å². The van der Waals surface area contributed by atoms with Crippen molar-refractivity contribution < 1.29 is 5.11 Å². The number of anilines is 1. The number of aliphatic hydroxyl groups is 1. The third-order valence-electron chi connectivity index (χ3n) is 5.70. The molecule has 0 amide bonds. The van der Waals surface area contributed by atoms with Crippen molar-refractivity contribution in [3.05, 3.63) is 48.5 Å². The third-order valence-corrected chi connectivity index (χ3v) is 5.70. The minimum Gasteiger partial charge on any atom is -0.385 e. The number of aromatic nitrogens is 4. The minimum atomic E-state index is -0.768. The lowest BCUT2D eigenvalue weighted by Gasteiger charge is -2.27. The predicted molar refractivity (Wildman–Crippen MR) is 100.0 cm³/mol. The Kier molecular flexibility index (Phi) is 3.67. The average molecular weight is 349 g/mol. The molecule has 1 N–H and O–H groups in total. The molecule has 1 unspecified atom stereocenters. The molecular formula is C20H23N5O. The number of hydrogen-bond acceptors (Lipinski definition) is 5. The smallest absolute Gasteiger partial charge is 0.165 e. The van der Waals surface area contributed by atoms with E-state index in [1.807, 2.05) is 36.7 Å². The number of hydrogen-bond donors (Lipinski definition) is 1. The lowest BCUT2D eigenvalue weighted by atomic mass is 9.87. The lowest BCUT2D eigenvalue weighted by Crippen LogP contribution is -2.29. The molecule has 1 atom stereocenters. The van der Waals surface area contributed by atoms with Crippen LogP contribution in [0.1, 0.15) is 43.7 Å². The summed E-state index contributed by atoms with van der Waals surface area (Å²) in [6, 6.07) is 10.6. The average Bonchev–Trinajstić information content (AvgIpc) is 3.46. The van der Waals surface area contributed by atoms with E-state index in [4.69, 9.17) is 0 Å². The monoisotopic (exact) mass is 349 g/mol. The van der Waals surface area contributed by atoms with Gasteiger partial charge in [-0.1, -0.05) is 30.3 Å². The van der Waals surface area contributed by atoms with E-state index in [9.17, 15) is 5.11 Å². The van der Waals surface area contributed by atoms with Crippen LogP contribution in [0.4, 0.5) is 5.82 Å². The van der Waals surface area contributed by atoms with Crippen LogP contribution in [0.25, 0.3) is 11.2 Å². The van der Waals surface area contributed by atoms with Crippen LogP contribution in [-0.2, 0) is 5.60 Å². The summed E-state index contributed by atoms with van der Waals surface area (Å²) < 4.78 is 2.18. The molecule has 0 radical (unpaired) electrons. The Morgan fingerprint density at radius 2 is 1.85 bits per heavy atom. The summed E-state index contributed by atoms with van der Waals surface area (Å²) in [6.45, 7) is 1.63. The van der Waals surface area contributed by atoms with Gasteiger partial charge in [-0.05, 0) is 37.7 Å². The minimum absolute atomic E-state index is 0.551. The molecule has 1 saturated heterocycles. The first kappa shape index (κ1) is 15.8. The van der Waals surface area contributed by atoms with Gasteiger partial charge < -0.3 is 14.6 Å². The van der Waals surface area contributed by atoms with Crippen molar-refractivity contribution in [1.82, 2.24) is 19.5 Å². The Morgan fingerprint density at radius 1 is 1.00 bits per heavy atom. The zero-order chi connectivity index (χ0) is 17.6. The van der Waals surface area contributed by atoms with Gasteiger partial charge in [0, 0.05) is 19.1 Å². The molecule has 2 aliphatic rings. The Hall–Kier alpha value is -2.47. The molecule has 1 aliphatic carbocycles. The van der Waals surface area contributed by atoms with E-state index < -0.39 is 5.60 Å². The fourth-order valence-corrected chi connectivity index (χ4v) is 4.06. The second kappa shape index (κ2) is 6.06. The molecule has 2 fully saturated rings. The molecule has 3 aromatic rings. The van der Waals surface area contributed by atoms with E-state index in [1.54, 1.807) is 6.33 Å². The van der Waals surface area contributed by atoms with Crippen LogP contribution in [0, 0.1) is 0 Å². The second-order valence-electron chi connectivity index (χ2n) is 7.49. The number of rotatable bonds is 3. The summed E-state index contributed by atoms with van der Waals surface area (Å²) in [5, 5.41) is 11.2. The molecule has 1 aliphatic heterocycles. The highest BCUT2D eigenvalue weighted by molar-refractivity contribution is 5.83. The first-order valence-corrected chi connectivity index (χ1v) is 9.45. The van der Waals surface area contributed by atoms with Gasteiger partial charge in [0.15, 0.2) is 17.0 Å². The van der Waals surface area contributed by atoms with Gasteiger partial charge in [0.2, 0.25) is 0 Å². The van der Waals surface area contributed by atoms with Gasteiger partial charge in [-0.15, -0.1) is 0 Å². The second-order valence-corrected chi connectivity index (χ2v) is 7.49. The predicted octanol–water partition coefficient (Wildman–Crippen LogP) is 3.04. The lowest BCUT2D eigenvalue weighted by molar-refractivity contribution is 0.0244. The van der Waals surface area contributed by atoms with Gasteiger partial charge in [-0.25, -0.2) is 15.0 Å². The maximum atomic E-state index is 11.2. The zero-order valence-corrected chi connectivity index (χ0v) is 14.8. The van der Waals surface area contributed by atoms with Gasteiger partial charge in [-0.3, -0.25) is 0 Å². The molecule has 1 saturated carbocycles. The van der Waals surface area contributed by atoms with E-state index in [-0.39, 0.29) is 0 Å². The highest BCUT2D eigenvalue weighted by atomic mass is 16.3. The SMILES string of the molecule is OC1(c2ccccc2)CCCN(c2ncnc3c2ncn3C2CC2)CC1. The maximum Gasteiger partial charge on any atom is 0.165 e. The summed E-state index contributed by atoms with van der Waals surface area (Å²) in [5.74, 6) is 0.895. The van der Waals surface area contributed by atoms with Gasteiger partial charge >= 0.3 is 0 Å². The number of nitrogens with zero attached hydrogens (tertiary/aromatic N) is 5. The van der Waals surface area contributed by atoms with Gasteiger partial charge in [0.1, 0.15) is 6.33 Å². The van der Waals surface area contributed by atoms with E-state index >= 15 is 0 Å². The topological polar surface area (TPSA) is 67.1 Å². The fraction of sp³-hybridized carbons (Fsp3) is 0.450. The van der Waals surface area contributed by atoms with Gasteiger partial charge in [0.05, 0.1) is 11.9 Å². The van der Waals surface area contributed by atoms with Crippen molar-refractivity contribution in [2.24, 2.45) is 0 Å². The first-order valence-electron chi connectivity index (χ1n) is 9.45. The van der Waals surface area contributed by atoms with Crippen LogP contribution in [0.5, 0.6) is 0 Å². The van der Waals surface area contributed by atoms with E-state index in [1.165, 1.54) is 12.8 Å². The van der Waals surface area contributed by atoms with Gasteiger partial charge in [0.25, 0.3) is 0 Å². The van der Waals surface area contributed by atoms with Crippen molar-refractivity contribution in [3.8, 4) is 0 Å². The Labute approximate surface area is 152 Å². The summed E-state index contributed by atoms with van der Waals surface area (Å²) in [4.78, 5) is 15.9. The van der Waals surface area contributed by atoms with Crippen molar-refractivity contribution in [2.75, 3.05) is 18.0 Å². The number of imidazole rings is 1. The van der Waals surface area contributed by atoms with Crippen LogP contribution >= 0.6 is 0 Å². The summed E-state index contributed by atoms with van der Waals surface area (Å²) in [7, 11) is 0. The zero-order valence-electron chi connectivity index (χ0n) is 14.8. The maximum absolute atomic E-state index is 11.2.